The van der Waals surface area contributed by atoms with E-state index in [1.54, 1.807) is 27.7 Å². The van der Waals surface area contributed by atoms with Crippen LogP contribution < -0.4 is 0 Å². The molecule has 0 aliphatic rings. The van der Waals surface area contributed by atoms with E-state index >= 15 is 0 Å². The van der Waals surface area contributed by atoms with Crippen LogP contribution in [-0.4, -0.2) is 26.4 Å². The van der Waals surface area contributed by atoms with Gasteiger partial charge in [0.25, 0.3) is 0 Å². The highest BCUT2D eigenvalue weighted by molar-refractivity contribution is 7.53. The smallest absolute Gasteiger partial charge is 0.309 e. The van der Waals surface area contributed by atoms with Gasteiger partial charge in [0, 0.05) is 0 Å². The Morgan fingerprint density at radius 2 is 0.962 bits per heavy atom. The van der Waals surface area contributed by atoms with Gasteiger partial charge in [-0.05, 0) is 63.8 Å². The Morgan fingerprint density at radius 1 is 0.654 bits per heavy atom. The van der Waals surface area contributed by atoms with Crippen LogP contribution in [0, 0.1) is 13.8 Å². The maximum atomic E-state index is 12.9. The predicted octanol–water partition coefficient (Wildman–Crippen LogP) is 5.84. The van der Waals surface area contributed by atoms with E-state index in [0.29, 0.717) is 26.4 Å². The highest BCUT2D eigenvalue weighted by Crippen LogP contribution is 2.54. The first-order chi connectivity index (χ1) is 12.2. The second-order valence-electron chi connectivity index (χ2n) is 5.91. The lowest BCUT2D eigenvalue weighted by Gasteiger charge is -2.21. The third-order valence-electron chi connectivity index (χ3n) is 3.83. The van der Waals surface area contributed by atoms with E-state index in [1.165, 1.54) is 0 Å². The van der Waals surface area contributed by atoms with Crippen molar-refractivity contribution >= 4 is 15.2 Å². The summed E-state index contributed by atoms with van der Waals surface area (Å²) in [6, 6.07) is 3.91. The molecule has 0 radical (unpaired) electrons. The summed E-state index contributed by atoms with van der Waals surface area (Å²) in [7, 11) is -6.42. The number of hydrogen-bond donors (Lipinski definition) is 0. The second-order valence-corrected chi connectivity index (χ2v) is 10.0. The molecule has 0 bridgehead atoms. The van der Waals surface area contributed by atoms with Crippen LogP contribution in [0.2, 0.25) is 0 Å². The molecule has 0 heterocycles. The molecule has 0 atom stereocenters. The minimum Gasteiger partial charge on any atom is -0.309 e. The topological polar surface area (TPSA) is 71.1 Å². The molecule has 0 aliphatic heterocycles. The van der Waals surface area contributed by atoms with Gasteiger partial charge in [-0.3, -0.25) is 9.13 Å². The Morgan fingerprint density at radius 3 is 1.23 bits per heavy atom. The molecule has 0 N–H and O–H groups in total. The van der Waals surface area contributed by atoms with Crippen molar-refractivity contribution < 1.29 is 27.2 Å². The van der Waals surface area contributed by atoms with Crippen LogP contribution in [0.25, 0.3) is 0 Å². The molecule has 26 heavy (non-hydrogen) atoms. The van der Waals surface area contributed by atoms with Crippen LogP contribution >= 0.6 is 15.2 Å². The van der Waals surface area contributed by atoms with Gasteiger partial charge in [0.1, 0.15) is 0 Å². The lowest BCUT2D eigenvalue weighted by atomic mass is 10.0. The molecule has 0 aliphatic carbocycles. The molecular formula is C18H32O6P2. The molecule has 8 heteroatoms. The summed E-state index contributed by atoms with van der Waals surface area (Å²) in [6.45, 7) is 12.4. The fourth-order valence-electron chi connectivity index (χ4n) is 2.75. The number of hydrogen-bond acceptors (Lipinski definition) is 6. The van der Waals surface area contributed by atoms with E-state index in [9.17, 15) is 9.13 Å². The average molecular weight is 406 g/mol. The fraction of sp³-hybridized carbons (Fsp3) is 0.667. The number of benzene rings is 1. The molecular weight excluding hydrogens is 374 g/mol. The normalized spacial score (nSPS) is 12.5. The maximum Gasteiger partial charge on any atom is 0.335 e. The molecule has 0 amide bonds. The monoisotopic (exact) mass is 406 g/mol. The first-order valence-corrected chi connectivity index (χ1v) is 12.5. The lowest BCUT2D eigenvalue weighted by Crippen LogP contribution is -2.04. The average Bonchev–Trinajstić information content (AvgIpc) is 2.53. The van der Waals surface area contributed by atoms with Crippen molar-refractivity contribution in [1.82, 2.24) is 0 Å². The minimum absolute atomic E-state index is 0.182. The lowest BCUT2D eigenvalue weighted by molar-refractivity contribution is 0.218. The van der Waals surface area contributed by atoms with Crippen molar-refractivity contribution in [3.8, 4) is 0 Å². The van der Waals surface area contributed by atoms with Crippen LogP contribution in [-0.2, 0) is 39.5 Å². The molecule has 1 aromatic rings. The van der Waals surface area contributed by atoms with Gasteiger partial charge < -0.3 is 18.1 Å². The van der Waals surface area contributed by atoms with Gasteiger partial charge in [-0.2, -0.15) is 0 Å². The van der Waals surface area contributed by atoms with Crippen LogP contribution in [0.5, 0.6) is 0 Å². The number of rotatable bonds is 12. The summed E-state index contributed by atoms with van der Waals surface area (Å²) in [6.07, 6.45) is 0.364. The maximum absolute atomic E-state index is 12.9. The van der Waals surface area contributed by atoms with Gasteiger partial charge >= 0.3 is 15.2 Å². The second kappa shape index (κ2) is 10.8. The van der Waals surface area contributed by atoms with Gasteiger partial charge in [-0.1, -0.05) is 12.1 Å². The van der Waals surface area contributed by atoms with Crippen molar-refractivity contribution in [3.63, 3.8) is 0 Å². The molecule has 1 rings (SSSR count). The van der Waals surface area contributed by atoms with E-state index in [4.69, 9.17) is 18.1 Å². The molecule has 0 saturated carbocycles. The first-order valence-electron chi connectivity index (χ1n) is 9.07. The van der Waals surface area contributed by atoms with Crippen molar-refractivity contribution in [3.05, 3.63) is 34.4 Å². The molecule has 150 valence electrons. The Bertz CT molecular complexity index is 601. The zero-order chi connectivity index (χ0) is 19.8. The van der Waals surface area contributed by atoms with Crippen molar-refractivity contribution in [2.45, 2.75) is 53.9 Å². The third kappa shape index (κ3) is 6.92. The molecule has 0 fully saturated rings. The Balaban J connectivity index is 3.19. The minimum atomic E-state index is -3.21. The van der Waals surface area contributed by atoms with Crippen molar-refractivity contribution in [1.29, 1.82) is 0 Å². The first kappa shape index (κ1) is 23.6. The largest absolute Gasteiger partial charge is 0.335 e. The predicted molar refractivity (Wildman–Crippen MR) is 105 cm³/mol. The summed E-state index contributed by atoms with van der Waals surface area (Å²) < 4.78 is 47.4. The van der Waals surface area contributed by atoms with Gasteiger partial charge in [0.2, 0.25) is 0 Å². The molecule has 6 nitrogen and oxygen atoms in total. The quantitative estimate of drug-likeness (QED) is 0.406. The van der Waals surface area contributed by atoms with Gasteiger partial charge in [0.15, 0.2) is 0 Å². The Hall–Kier alpha value is -0.480. The Kier molecular flexibility index (Phi) is 9.74. The SMILES string of the molecule is CCOP(=O)(Cc1cc(CP(=O)(OCC)OCC)c(C)cc1C)OCC. The standard InChI is InChI=1S/C18H32O6P2/c1-7-21-25(19,22-8-2)13-17-12-18(16(6)11-15(17)5)14-26(20,23-9-3)24-10-4/h11-12H,7-10,13-14H2,1-6H3. The summed E-state index contributed by atoms with van der Waals surface area (Å²) in [4.78, 5) is 0. The third-order valence-corrected chi connectivity index (χ3v) is 7.89. The molecule has 0 aromatic heterocycles. The van der Waals surface area contributed by atoms with Crippen molar-refractivity contribution in [2.24, 2.45) is 0 Å². The van der Waals surface area contributed by atoms with Gasteiger partial charge in [0.05, 0.1) is 38.8 Å². The highest BCUT2D eigenvalue weighted by Gasteiger charge is 2.28. The van der Waals surface area contributed by atoms with Gasteiger partial charge in [-0.15, -0.1) is 0 Å². The number of aryl methyl sites for hydroxylation is 2. The fourth-order valence-corrected chi connectivity index (χ4v) is 6.35. The van der Waals surface area contributed by atoms with Crippen LogP contribution in [0.1, 0.15) is 49.9 Å². The molecule has 0 unspecified atom stereocenters. The Labute approximate surface area is 157 Å². The molecule has 0 spiro atoms. The van der Waals surface area contributed by atoms with Crippen LogP contribution in [0.3, 0.4) is 0 Å². The van der Waals surface area contributed by atoms with E-state index in [1.807, 2.05) is 26.0 Å². The highest BCUT2D eigenvalue weighted by atomic mass is 31.2. The van der Waals surface area contributed by atoms with Gasteiger partial charge in [-0.25, -0.2) is 0 Å². The molecule has 0 saturated heterocycles. The summed E-state index contributed by atoms with van der Waals surface area (Å²) in [5.41, 5.74) is 3.70. The van der Waals surface area contributed by atoms with E-state index in [2.05, 4.69) is 0 Å². The van der Waals surface area contributed by atoms with Crippen LogP contribution in [0.15, 0.2) is 12.1 Å². The summed E-state index contributed by atoms with van der Waals surface area (Å²) >= 11 is 0. The molecule has 1 aromatic carbocycles. The van der Waals surface area contributed by atoms with E-state index in [-0.39, 0.29) is 12.3 Å². The van der Waals surface area contributed by atoms with E-state index in [0.717, 1.165) is 22.3 Å². The summed E-state index contributed by atoms with van der Waals surface area (Å²) in [5, 5.41) is 0. The van der Waals surface area contributed by atoms with Crippen LogP contribution in [0.4, 0.5) is 0 Å². The summed E-state index contributed by atoms with van der Waals surface area (Å²) in [5.74, 6) is 0. The zero-order valence-corrected chi connectivity index (χ0v) is 18.5. The van der Waals surface area contributed by atoms with E-state index < -0.39 is 15.2 Å². The van der Waals surface area contributed by atoms with Crippen molar-refractivity contribution in [2.75, 3.05) is 26.4 Å². The zero-order valence-electron chi connectivity index (χ0n) is 16.7.